The number of fused-ring (bicyclic) bond motifs is 1. The van der Waals surface area contributed by atoms with Gasteiger partial charge in [0.05, 0.1) is 5.25 Å². The highest BCUT2D eigenvalue weighted by atomic mass is 32.2. The van der Waals surface area contributed by atoms with Gasteiger partial charge in [-0.1, -0.05) is 11.3 Å². The van der Waals surface area contributed by atoms with Crippen LogP contribution in [0, 0.1) is 0 Å². The van der Waals surface area contributed by atoms with E-state index in [9.17, 15) is 8.42 Å². The minimum atomic E-state index is -3.32. The predicted octanol–water partition coefficient (Wildman–Crippen LogP) is 3.51. The number of rotatable bonds is 4. The Balaban J connectivity index is 1.88. The molecule has 0 fully saturated rings. The molecule has 2 aromatic heterocycles. The van der Waals surface area contributed by atoms with E-state index in [1.807, 2.05) is 24.3 Å². The molecule has 0 atom stereocenters. The number of nitrogens with zero attached hydrogens (tertiary/aromatic N) is 2. The lowest BCUT2D eigenvalue weighted by atomic mass is 10.2. The molecule has 0 unspecified atom stereocenters. The molecule has 2 heterocycles. The van der Waals surface area contributed by atoms with Gasteiger partial charge in [-0.25, -0.2) is 18.4 Å². The van der Waals surface area contributed by atoms with Crippen molar-refractivity contribution in [2.45, 2.75) is 19.1 Å². The molecule has 0 amide bonds. The van der Waals surface area contributed by atoms with Crippen molar-refractivity contribution in [2.24, 2.45) is 0 Å². The second-order valence-electron chi connectivity index (χ2n) is 5.12. The molecule has 3 aromatic rings. The topological polar surface area (TPSA) is 72.0 Å². The summed E-state index contributed by atoms with van der Waals surface area (Å²) in [5.41, 5.74) is 2.36. The van der Waals surface area contributed by atoms with Crippen LogP contribution in [0.4, 0.5) is 5.69 Å². The lowest BCUT2D eigenvalue weighted by Crippen LogP contribution is -2.22. The third-order valence-corrected chi connectivity index (χ3v) is 5.97. The molecular formula is C15H15N3O2S2. The summed E-state index contributed by atoms with van der Waals surface area (Å²) in [6.07, 6.45) is 1.74. The minimum absolute atomic E-state index is 0.470. The number of aromatic nitrogens is 2. The monoisotopic (exact) mass is 333 g/mol. The maximum Gasteiger partial charge on any atom is 0.235 e. The standard InChI is InChI=1S/C15H15N3O2S2/c1-10(2)22(19,20)18-12-7-5-11(6-8-12)14-17-13-4-3-9-16-15(13)21-14/h3-10,18H,1-2H3. The Labute approximate surface area is 133 Å². The van der Waals surface area contributed by atoms with Gasteiger partial charge in [0.2, 0.25) is 10.0 Å². The van der Waals surface area contributed by atoms with Crippen LogP contribution in [-0.2, 0) is 10.0 Å². The van der Waals surface area contributed by atoms with E-state index in [0.717, 1.165) is 20.9 Å². The Bertz CT molecular complexity index is 867. The third-order valence-electron chi connectivity index (χ3n) is 3.18. The van der Waals surface area contributed by atoms with E-state index >= 15 is 0 Å². The van der Waals surface area contributed by atoms with Crippen LogP contribution < -0.4 is 4.72 Å². The van der Waals surface area contributed by atoms with Gasteiger partial charge in [0.1, 0.15) is 15.4 Å². The van der Waals surface area contributed by atoms with Gasteiger partial charge in [-0.2, -0.15) is 0 Å². The molecule has 3 rings (SSSR count). The molecular weight excluding hydrogens is 318 g/mol. The summed E-state index contributed by atoms with van der Waals surface area (Å²) < 4.78 is 26.3. The van der Waals surface area contributed by atoms with Crippen molar-refractivity contribution in [3.63, 3.8) is 0 Å². The van der Waals surface area contributed by atoms with Crippen molar-refractivity contribution < 1.29 is 8.42 Å². The molecule has 5 nitrogen and oxygen atoms in total. The summed E-state index contributed by atoms with van der Waals surface area (Å²) in [4.78, 5) is 9.70. The number of hydrogen-bond donors (Lipinski definition) is 1. The zero-order valence-corrected chi connectivity index (χ0v) is 13.8. The maximum absolute atomic E-state index is 11.8. The summed E-state index contributed by atoms with van der Waals surface area (Å²) in [6, 6.07) is 11.0. The van der Waals surface area contributed by atoms with Crippen molar-refractivity contribution in [1.29, 1.82) is 0 Å². The summed E-state index contributed by atoms with van der Waals surface area (Å²) in [5.74, 6) is 0. The first-order valence-electron chi connectivity index (χ1n) is 6.79. The lowest BCUT2D eigenvalue weighted by molar-refractivity contribution is 0.593. The Hall–Kier alpha value is -1.99. The third kappa shape index (κ3) is 2.95. The number of anilines is 1. The molecule has 0 radical (unpaired) electrons. The van der Waals surface area contributed by atoms with Crippen molar-refractivity contribution in [1.82, 2.24) is 9.97 Å². The van der Waals surface area contributed by atoms with E-state index in [-0.39, 0.29) is 0 Å². The Kier molecular flexibility index (Phi) is 3.84. The number of nitrogens with one attached hydrogen (secondary N) is 1. The second-order valence-corrected chi connectivity index (χ2v) is 8.33. The Morgan fingerprint density at radius 3 is 2.50 bits per heavy atom. The van der Waals surface area contributed by atoms with E-state index in [2.05, 4.69) is 14.7 Å². The van der Waals surface area contributed by atoms with Crippen molar-refractivity contribution in [2.75, 3.05) is 4.72 Å². The molecule has 114 valence electrons. The zero-order chi connectivity index (χ0) is 15.7. The fourth-order valence-electron chi connectivity index (χ4n) is 1.86. The summed E-state index contributed by atoms with van der Waals surface area (Å²) in [6.45, 7) is 3.29. The van der Waals surface area contributed by atoms with E-state index in [1.54, 1.807) is 32.2 Å². The van der Waals surface area contributed by atoms with E-state index in [4.69, 9.17) is 0 Å². The highest BCUT2D eigenvalue weighted by Crippen LogP contribution is 2.29. The molecule has 0 aliphatic heterocycles. The Morgan fingerprint density at radius 1 is 1.14 bits per heavy atom. The molecule has 0 bridgehead atoms. The molecule has 0 aliphatic rings. The number of benzene rings is 1. The number of pyridine rings is 1. The molecule has 0 aliphatic carbocycles. The van der Waals surface area contributed by atoms with E-state index in [0.29, 0.717) is 5.69 Å². The van der Waals surface area contributed by atoms with E-state index < -0.39 is 15.3 Å². The van der Waals surface area contributed by atoms with Gasteiger partial charge in [0.15, 0.2) is 0 Å². The first-order valence-corrected chi connectivity index (χ1v) is 9.15. The molecule has 7 heteroatoms. The maximum atomic E-state index is 11.8. The van der Waals surface area contributed by atoms with Crippen LogP contribution in [0.15, 0.2) is 42.6 Å². The Morgan fingerprint density at radius 2 is 1.86 bits per heavy atom. The highest BCUT2D eigenvalue weighted by Gasteiger charge is 2.15. The highest BCUT2D eigenvalue weighted by molar-refractivity contribution is 7.93. The fourth-order valence-corrected chi connectivity index (χ4v) is 3.47. The van der Waals surface area contributed by atoms with Crippen molar-refractivity contribution in [3.8, 4) is 10.6 Å². The number of sulfonamides is 1. The van der Waals surface area contributed by atoms with Gasteiger partial charge >= 0.3 is 0 Å². The lowest BCUT2D eigenvalue weighted by Gasteiger charge is -2.10. The zero-order valence-electron chi connectivity index (χ0n) is 12.1. The van der Waals surface area contributed by atoms with Gasteiger partial charge in [0.25, 0.3) is 0 Å². The van der Waals surface area contributed by atoms with Crippen LogP contribution in [0.3, 0.4) is 0 Å². The van der Waals surface area contributed by atoms with Crippen molar-refractivity contribution in [3.05, 3.63) is 42.6 Å². The SMILES string of the molecule is CC(C)S(=O)(=O)Nc1ccc(-c2nc3cccnc3s2)cc1. The van der Waals surface area contributed by atoms with E-state index in [1.165, 1.54) is 11.3 Å². The largest absolute Gasteiger partial charge is 0.283 e. The van der Waals surface area contributed by atoms with Crippen LogP contribution in [0.2, 0.25) is 0 Å². The van der Waals surface area contributed by atoms with Crippen LogP contribution in [-0.4, -0.2) is 23.6 Å². The molecule has 0 spiro atoms. The molecule has 0 saturated heterocycles. The molecule has 1 aromatic carbocycles. The predicted molar refractivity (Wildman–Crippen MR) is 90.5 cm³/mol. The first-order chi connectivity index (χ1) is 10.5. The summed E-state index contributed by atoms with van der Waals surface area (Å²) >= 11 is 1.51. The van der Waals surface area contributed by atoms with Gasteiger partial charge in [-0.3, -0.25) is 4.72 Å². The number of hydrogen-bond acceptors (Lipinski definition) is 5. The first kappa shape index (κ1) is 14.9. The number of thiazole rings is 1. The average Bonchev–Trinajstić information content (AvgIpc) is 2.91. The molecule has 22 heavy (non-hydrogen) atoms. The van der Waals surface area contributed by atoms with Crippen LogP contribution in [0.5, 0.6) is 0 Å². The quantitative estimate of drug-likeness (QED) is 0.793. The molecule has 0 saturated carbocycles. The van der Waals surface area contributed by atoms with Gasteiger partial charge in [0, 0.05) is 17.4 Å². The smallest absolute Gasteiger partial charge is 0.235 e. The van der Waals surface area contributed by atoms with Gasteiger partial charge < -0.3 is 0 Å². The van der Waals surface area contributed by atoms with Crippen molar-refractivity contribution >= 4 is 37.4 Å². The molecule has 1 N–H and O–H groups in total. The normalized spacial score (nSPS) is 12.0. The van der Waals surface area contributed by atoms with Gasteiger partial charge in [-0.15, -0.1) is 0 Å². The average molecular weight is 333 g/mol. The summed E-state index contributed by atoms with van der Waals surface area (Å²) in [5, 5.41) is 0.398. The van der Waals surface area contributed by atoms with Crippen LogP contribution >= 0.6 is 11.3 Å². The second kappa shape index (κ2) is 5.66. The fraction of sp³-hybridized carbons (Fsp3) is 0.200. The van der Waals surface area contributed by atoms with Gasteiger partial charge in [-0.05, 0) is 50.2 Å². The van der Waals surface area contributed by atoms with Crippen LogP contribution in [0.1, 0.15) is 13.8 Å². The minimum Gasteiger partial charge on any atom is -0.283 e. The summed E-state index contributed by atoms with van der Waals surface area (Å²) in [7, 11) is -3.32. The van der Waals surface area contributed by atoms with Crippen LogP contribution in [0.25, 0.3) is 20.9 Å².